The molecule has 3 N–H and O–H groups in total. The molecular weight excluding hydrogens is 253 g/mol. The molecule has 1 unspecified atom stereocenters. The van der Waals surface area contributed by atoms with Gasteiger partial charge in [0, 0.05) is 17.4 Å². The highest BCUT2D eigenvalue weighted by Crippen LogP contribution is 2.18. The van der Waals surface area contributed by atoms with Gasteiger partial charge in [-0.15, -0.1) is 0 Å². The number of nitrogens with one attached hydrogen (secondary N) is 1. The van der Waals surface area contributed by atoms with E-state index in [1.807, 2.05) is 13.0 Å². The molecule has 4 heteroatoms. The molecule has 2 aromatic rings. The molecule has 3 nitrogen and oxygen atoms in total. The van der Waals surface area contributed by atoms with Crippen LogP contribution in [0.15, 0.2) is 42.5 Å². The van der Waals surface area contributed by atoms with E-state index in [9.17, 15) is 4.39 Å². The van der Waals surface area contributed by atoms with Crippen LogP contribution in [0.3, 0.4) is 0 Å². The Kier molecular flexibility index (Phi) is 4.21. The Hall–Kier alpha value is -2.54. The maximum absolute atomic E-state index is 12.8. The third-order valence-corrected chi connectivity index (χ3v) is 3.04. The van der Waals surface area contributed by atoms with Gasteiger partial charge in [-0.05, 0) is 49.2 Å². The minimum Gasteiger partial charge on any atom is -0.398 e. The predicted octanol–water partition coefficient (Wildman–Crippen LogP) is 3.32. The molecule has 0 radical (unpaired) electrons. The molecule has 0 aliphatic heterocycles. The second-order valence-electron chi connectivity index (χ2n) is 4.79. The van der Waals surface area contributed by atoms with Crippen LogP contribution in [0.25, 0.3) is 0 Å². The summed E-state index contributed by atoms with van der Waals surface area (Å²) in [6, 6.07) is 14.0. The molecule has 0 aliphatic carbocycles. The Balaban J connectivity index is 2.03. The van der Waals surface area contributed by atoms with Gasteiger partial charge in [-0.25, -0.2) is 4.39 Å². The Morgan fingerprint density at radius 2 is 1.95 bits per heavy atom. The standard InChI is InChI=1S/C16H16FN3/c1-11(8-12-2-4-14(17)5-3-12)20-15-6-7-16(19)13(9-15)10-18/h2-7,9,11,20H,8,19H2,1H3. The zero-order valence-corrected chi connectivity index (χ0v) is 11.2. The summed E-state index contributed by atoms with van der Waals surface area (Å²) in [5.41, 5.74) is 8.53. The monoisotopic (exact) mass is 269 g/mol. The lowest BCUT2D eigenvalue weighted by atomic mass is 10.1. The van der Waals surface area contributed by atoms with Crippen molar-refractivity contribution in [2.75, 3.05) is 11.1 Å². The molecule has 1 atom stereocenters. The van der Waals surface area contributed by atoms with Crippen LogP contribution >= 0.6 is 0 Å². The lowest BCUT2D eigenvalue weighted by molar-refractivity contribution is 0.626. The number of halogens is 1. The SMILES string of the molecule is CC(Cc1ccc(F)cc1)Nc1ccc(N)c(C#N)c1. The number of benzene rings is 2. The maximum Gasteiger partial charge on any atom is 0.123 e. The number of nitriles is 1. The van der Waals surface area contributed by atoms with Gasteiger partial charge in [0.05, 0.1) is 5.56 Å². The first kappa shape index (κ1) is 13.9. The Bertz CT molecular complexity index is 629. The summed E-state index contributed by atoms with van der Waals surface area (Å²) >= 11 is 0. The molecule has 102 valence electrons. The third kappa shape index (κ3) is 3.48. The fraction of sp³-hybridized carbons (Fsp3) is 0.188. The molecule has 0 saturated carbocycles. The minimum atomic E-state index is -0.230. The summed E-state index contributed by atoms with van der Waals surface area (Å²) in [7, 11) is 0. The molecule has 0 heterocycles. The number of nitrogens with two attached hydrogens (primary N) is 1. The number of nitrogen functional groups attached to an aromatic ring is 1. The van der Waals surface area contributed by atoms with E-state index >= 15 is 0 Å². The first-order chi connectivity index (χ1) is 9.58. The van der Waals surface area contributed by atoms with E-state index in [2.05, 4.69) is 11.4 Å². The zero-order chi connectivity index (χ0) is 14.5. The first-order valence-electron chi connectivity index (χ1n) is 6.39. The summed E-state index contributed by atoms with van der Waals surface area (Å²) < 4.78 is 12.8. The quantitative estimate of drug-likeness (QED) is 0.837. The van der Waals surface area contributed by atoms with Gasteiger partial charge in [0.2, 0.25) is 0 Å². The van der Waals surface area contributed by atoms with E-state index in [1.54, 1.807) is 24.3 Å². The van der Waals surface area contributed by atoms with Crippen LogP contribution in [0.1, 0.15) is 18.1 Å². The highest BCUT2D eigenvalue weighted by molar-refractivity contribution is 5.62. The summed E-state index contributed by atoms with van der Waals surface area (Å²) in [6.45, 7) is 2.03. The van der Waals surface area contributed by atoms with Crippen molar-refractivity contribution in [2.24, 2.45) is 0 Å². The number of hydrogen-bond donors (Lipinski definition) is 2. The average Bonchev–Trinajstić information content (AvgIpc) is 2.43. The van der Waals surface area contributed by atoms with Gasteiger partial charge < -0.3 is 11.1 Å². The molecule has 0 saturated heterocycles. The second kappa shape index (κ2) is 6.07. The highest BCUT2D eigenvalue weighted by Gasteiger charge is 2.06. The van der Waals surface area contributed by atoms with Crippen molar-refractivity contribution in [3.8, 4) is 6.07 Å². The molecular formula is C16H16FN3. The molecule has 0 aliphatic rings. The van der Waals surface area contributed by atoms with Crippen molar-refractivity contribution in [1.82, 2.24) is 0 Å². The molecule has 2 aromatic carbocycles. The zero-order valence-electron chi connectivity index (χ0n) is 11.2. The third-order valence-electron chi connectivity index (χ3n) is 3.04. The van der Waals surface area contributed by atoms with Gasteiger partial charge in [-0.3, -0.25) is 0 Å². The van der Waals surface area contributed by atoms with E-state index in [0.29, 0.717) is 11.3 Å². The van der Waals surface area contributed by atoms with Gasteiger partial charge in [0.15, 0.2) is 0 Å². The van der Waals surface area contributed by atoms with E-state index < -0.39 is 0 Å². The molecule has 0 fully saturated rings. The van der Waals surface area contributed by atoms with Crippen molar-refractivity contribution < 1.29 is 4.39 Å². The Labute approximate surface area is 117 Å². The van der Waals surface area contributed by atoms with E-state index in [4.69, 9.17) is 11.0 Å². The van der Waals surface area contributed by atoms with Crippen molar-refractivity contribution in [3.05, 3.63) is 59.4 Å². The molecule has 0 spiro atoms. The minimum absolute atomic E-state index is 0.163. The van der Waals surface area contributed by atoms with Gasteiger partial charge in [-0.1, -0.05) is 12.1 Å². The fourth-order valence-electron chi connectivity index (χ4n) is 2.05. The van der Waals surface area contributed by atoms with Gasteiger partial charge in [-0.2, -0.15) is 5.26 Å². The van der Waals surface area contributed by atoms with Crippen molar-refractivity contribution >= 4 is 11.4 Å². The van der Waals surface area contributed by atoms with Gasteiger partial charge in [0.1, 0.15) is 11.9 Å². The molecule has 0 amide bonds. The van der Waals surface area contributed by atoms with E-state index in [-0.39, 0.29) is 11.9 Å². The predicted molar refractivity (Wildman–Crippen MR) is 78.8 cm³/mol. The van der Waals surface area contributed by atoms with Crippen LogP contribution in [0, 0.1) is 17.1 Å². The van der Waals surface area contributed by atoms with Crippen molar-refractivity contribution in [3.63, 3.8) is 0 Å². The van der Waals surface area contributed by atoms with Gasteiger partial charge >= 0.3 is 0 Å². The van der Waals surface area contributed by atoms with Crippen molar-refractivity contribution in [1.29, 1.82) is 5.26 Å². The van der Waals surface area contributed by atoms with Gasteiger partial charge in [0.25, 0.3) is 0 Å². The number of anilines is 2. The number of rotatable bonds is 4. The summed E-state index contributed by atoms with van der Waals surface area (Å²) in [6.07, 6.45) is 0.770. The maximum atomic E-state index is 12.8. The summed E-state index contributed by atoms with van der Waals surface area (Å²) in [5.74, 6) is -0.230. The van der Waals surface area contributed by atoms with Crippen LogP contribution in [0.2, 0.25) is 0 Å². The lowest BCUT2D eigenvalue weighted by Crippen LogP contribution is -2.18. The summed E-state index contributed by atoms with van der Waals surface area (Å²) in [5, 5.41) is 12.3. The highest BCUT2D eigenvalue weighted by atomic mass is 19.1. The smallest absolute Gasteiger partial charge is 0.123 e. The largest absolute Gasteiger partial charge is 0.398 e. The van der Waals surface area contributed by atoms with E-state index in [0.717, 1.165) is 17.7 Å². The molecule has 0 bridgehead atoms. The number of nitrogens with zero attached hydrogens (tertiary/aromatic N) is 1. The number of hydrogen-bond acceptors (Lipinski definition) is 3. The van der Waals surface area contributed by atoms with Crippen LogP contribution in [-0.2, 0) is 6.42 Å². The Morgan fingerprint density at radius 3 is 2.60 bits per heavy atom. The summed E-state index contributed by atoms with van der Waals surface area (Å²) in [4.78, 5) is 0. The normalized spacial score (nSPS) is 11.7. The van der Waals surface area contributed by atoms with Crippen LogP contribution in [0.4, 0.5) is 15.8 Å². The average molecular weight is 269 g/mol. The molecule has 2 rings (SSSR count). The van der Waals surface area contributed by atoms with Crippen LogP contribution in [0.5, 0.6) is 0 Å². The van der Waals surface area contributed by atoms with Crippen molar-refractivity contribution in [2.45, 2.75) is 19.4 Å². The molecule has 20 heavy (non-hydrogen) atoms. The van der Waals surface area contributed by atoms with E-state index in [1.165, 1.54) is 12.1 Å². The topological polar surface area (TPSA) is 61.8 Å². The fourth-order valence-corrected chi connectivity index (χ4v) is 2.05. The molecule has 0 aromatic heterocycles. The lowest BCUT2D eigenvalue weighted by Gasteiger charge is -2.16. The van der Waals surface area contributed by atoms with Crippen LogP contribution in [-0.4, -0.2) is 6.04 Å². The van der Waals surface area contributed by atoms with Crippen LogP contribution < -0.4 is 11.1 Å². The second-order valence-corrected chi connectivity index (χ2v) is 4.79. The Morgan fingerprint density at radius 1 is 1.25 bits per heavy atom. The first-order valence-corrected chi connectivity index (χ1v) is 6.39.